The number of pyridine rings is 1. The number of hydrogen-bond donors (Lipinski definition) is 0. The fourth-order valence-electron chi connectivity index (χ4n) is 3.53. The van der Waals surface area contributed by atoms with Crippen molar-refractivity contribution < 1.29 is 21.6 Å². The van der Waals surface area contributed by atoms with E-state index in [0.717, 1.165) is 16.5 Å². The number of rotatable bonds is 6. The first kappa shape index (κ1) is 22.9. The Balaban J connectivity index is 1.69. The third kappa shape index (κ3) is 4.62. The topological polar surface area (TPSA) is 90.4 Å². The zero-order valence-electron chi connectivity index (χ0n) is 18.4. The molecule has 0 atom stereocenters. The molecule has 8 heteroatoms. The maximum absolute atomic E-state index is 12.3. The molecule has 0 unspecified atom stereocenters. The molecule has 0 N–H and O–H groups in total. The maximum Gasteiger partial charge on any atom is 0.180 e. The number of ether oxygens (including phenoxy) is 1. The molecule has 4 aromatic rings. The van der Waals surface area contributed by atoms with Crippen molar-refractivity contribution in [2.75, 3.05) is 6.26 Å². The van der Waals surface area contributed by atoms with Gasteiger partial charge in [0.15, 0.2) is 19.7 Å². The molecule has 0 aliphatic carbocycles. The summed E-state index contributed by atoms with van der Waals surface area (Å²) >= 11 is 0. The van der Waals surface area contributed by atoms with E-state index in [1.807, 2.05) is 30.3 Å². The molecule has 33 heavy (non-hydrogen) atoms. The lowest BCUT2D eigenvalue weighted by atomic mass is 10.0. The second-order valence-corrected chi connectivity index (χ2v) is 12.5. The average molecular weight is 482 g/mol. The van der Waals surface area contributed by atoms with Crippen LogP contribution in [0.4, 0.5) is 0 Å². The minimum atomic E-state index is -3.43. The van der Waals surface area contributed by atoms with Gasteiger partial charge in [0, 0.05) is 17.8 Å². The lowest BCUT2D eigenvalue weighted by molar-refractivity contribution is 0.482. The zero-order chi connectivity index (χ0) is 23.8. The van der Waals surface area contributed by atoms with Crippen LogP contribution in [0, 0.1) is 0 Å². The first-order chi connectivity index (χ1) is 15.6. The lowest BCUT2D eigenvalue weighted by Crippen LogP contribution is -2.13. The van der Waals surface area contributed by atoms with Crippen molar-refractivity contribution in [3.05, 3.63) is 79.0 Å². The zero-order valence-corrected chi connectivity index (χ0v) is 20.0. The average Bonchev–Trinajstić information content (AvgIpc) is 2.78. The Morgan fingerprint density at radius 2 is 1.52 bits per heavy atom. The van der Waals surface area contributed by atoms with Crippen LogP contribution < -0.4 is 4.74 Å². The van der Waals surface area contributed by atoms with Crippen molar-refractivity contribution in [1.82, 2.24) is 4.98 Å². The number of benzene rings is 3. The van der Waals surface area contributed by atoms with Gasteiger partial charge >= 0.3 is 0 Å². The second-order valence-electron chi connectivity index (χ2n) is 7.98. The number of aromatic nitrogens is 1. The standard InChI is InChI=1S/C25H23NO5S2/c1-17(2)33(29,30)21-12-10-19(11-13-21)31-20-7-4-6-18(16-20)22-14-15-26-25-23(22)8-5-9-24(25)32(3,27)28/h4-17H,1-3H3. The van der Waals surface area contributed by atoms with Gasteiger partial charge in [-0.05, 0) is 73.5 Å². The molecule has 1 heterocycles. The van der Waals surface area contributed by atoms with E-state index in [-0.39, 0.29) is 9.79 Å². The van der Waals surface area contributed by atoms with Crippen LogP contribution in [0.1, 0.15) is 13.8 Å². The van der Waals surface area contributed by atoms with Crippen LogP contribution in [0.3, 0.4) is 0 Å². The highest BCUT2D eigenvalue weighted by molar-refractivity contribution is 7.92. The predicted octanol–water partition coefficient (Wildman–Crippen LogP) is 5.28. The molecule has 170 valence electrons. The molecule has 0 saturated carbocycles. The molecular formula is C25H23NO5S2. The summed E-state index contributed by atoms with van der Waals surface area (Å²) in [7, 11) is -6.78. The van der Waals surface area contributed by atoms with E-state index in [0.29, 0.717) is 17.0 Å². The van der Waals surface area contributed by atoms with E-state index in [1.165, 1.54) is 18.4 Å². The molecule has 0 aliphatic rings. The number of fused-ring (bicyclic) bond motifs is 1. The van der Waals surface area contributed by atoms with Gasteiger partial charge in [-0.2, -0.15) is 0 Å². The van der Waals surface area contributed by atoms with E-state index in [9.17, 15) is 16.8 Å². The summed E-state index contributed by atoms with van der Waals surface area (Å²) in [5, 5.41) is 0.222. The van der Waals surface area contributed by atoms with Gasteiger partial charge in [0.25, 0.3) is 0 Å². The Morgan fingerprint density at radius 3 is 2.18 bits per heavy atom. The van der Waals surface area contributed by atoms with Gasteiger partial charge in [-0.3, -0.25) is 4.98 Å². The highest BCUT2D eigenvalue weighted by atomic mass is 32.2. The highest BCUT2D eigenvalue weighted by Gasteiger charge is 2.19. The fourth-order valence-corrected chi connectivity index (χ4v) is 5.43. The molecule has 0 fully saturated rings. The summed E-state index contributed by atoms with van der Waals surface area (Å²) in [5.41, 5.74) is 2.09. The summed E-state index contributed by atoms with van der Waals surface area (Å²) in [6.07, 6.45) is 2.76. The van der Waals surface area contributed by atoms with Gasteiger partial charge in [-0.15, -0.1) is 0 Å². The minimum Gasteiger partial charge on any atom is -0.457 e. The summed E-state index contributed by atoms with van der Waals surface area (Å²) < 4.78 is 54.9. The van der Waals surface area contributed by atoms with Crippen molar-refractivity contribution in [2.24, 2.45) is 0 Å². The molecule has 1 aromatic heterocycles. The Kier molecular flexibility index (Phi) is 5.99. The second kappa shape index (κ2) is 8.61. The van der Waals surface area contributed by atoms with Crippen LogP contribution in [-0.4, -0.2) is 33.3 Å². The molecule has 0 radical (unpaired) electrons. The Labute approximate surface area is 193 Å². The van der Waals surface area contributed by atoms with Crippen LogP contribution in [0.5, 0.6) is 11.5 Å². The van der Waals surface area contributed by atoms with Crippen molar-refractivity contribution in [3.63, 3.8) is 0 Å². The third-order valence-corrected chi connectivity index (χ3v) is 8.59. The van der Waals surface area contributed by atoms with Crippen LogP contribution in [0.25, 0.3) is 22.0 Å². The van der Waals surface area contributed by atoms with Crippen LogP contribution >= 0.6 is 0 Å². The molecule has 0 aliphatic heterocycles. The minimum absolute atomic E-state index is 0.186. The van der Waals surface area contributed by atoms with Gasteiger partial charge in [-0.25, -0.2) is 16.8 Å². The lowest BCUT2D eigenvalue weighted by Gasteiger charge is -2.12. The van der Waals surface area contributed by atoms with Crippen molar-refractivity contribution in [1.29, 1.82) is 0 Å². The molecule has 0 amide bonds. The van der Waals surface area contributed by atoms with Gasteiger partial charge in [0.1, 0.15) is 11.5 Å². The van der Waals surface area contributed by atoms with Crippen LogP contribution in [0.2, 0.25) is 0 Å². The summed E-state index contributed by atoms with van der Waals surface area (Å²) in [5.74, 6) is 1.07. The molecule has 6 nitrogen and oxygen atoms in total. The van der Waals surface area contributed by atoms with E-state index in [4.69, 9.17) is 4.74 Å². The Morgan fingerprint density at radius 1 is 0.818 bits per heavy atom. The normalized spacial score (nSPS) is 12.2. The quantitative estimate of drug-likeness (QED) is 0.372. The van der Waals surface area contributed by atoms with Gasteiger partial charge in [0.2, 0.25) is 0 Å². The summed E-state index contributed by atoms with van der Waals surface area (Å²) in [4.78, 5) is 4.74. The van der Waals surface area contributed by atoms with Crippen LogP contribution in [0.15, 0.2) is 88.8 Å². The first-order valence-corrected chi connectivity index (χ1v) is 13.7. The molecule has 4 rings (SSSR count). The van der Waals surface area contributed by atoms with E-state index in [2.05, 4.69) is 4.98 Å². The fraction of sp³-hybridized carbons (Fsp3) is 0.160. The number of hydrogen-bond acceptors (Lipinski definition) is 6. The van der Waals surface area contributed by atoms with Gasteiger partial charge in [-0.1, -0.05) is 24.3 Å². The predicted molar refractivity (Wildman–Crippen MR) is 129 cm³/mol. The third-order valence-electron chi connectivity index (χ3n) is 5.29. The van der Waals surface area contributed by atoms with E-state index < -0.39 is 24.9 Å². The first-order valence-electron chi connectivity index (χ1n) is 10.3. The molecule has 3 aromatic carbocycles. The van der Waals surface area contributed by atoms with E-state index in [1.54, 1.807) is 50.4 Å². The van der Waals surface area contributed by atoms with Crippen molar-refractivity contribution >= 4 is 30.6 Å². The Bertz CT molecular complexity index is 1540. The molecular weight excluding hydrogens is 458 g/mol. The largest absolute Gasteiger partial charge is 0.457 e. The van der Waals surface area contributed by atoms with Gasteiger partial charge in [0.05, 0.1) is 20.6 Å². The Hall–Kier alpha value is -3.23. The van der Waals surface area contributed by atoms with Crippen LogP contribution in [-0.2, 0) is 19.7 Å². The van der Waals surface area contributed by atoms with Crippen molar-refractivity contribution in [2.45, 2.75) is 28.9 Å². The van der Waals surface area contributed by atoms with Gasteiger partial charge < -0.3 is 4.74 Å². The number of para-hydroxylation sites is 1. The van der Waals surface area contributed by atoms with E-state index >= 15 is 0 Å². The highest BCUT2D eigenvalue weighted by Crippen LogP contribution is 2.33. The number of sulfone groups is 2. The molecule has 0 saturated heterocycles. The maximum atomic E-state index is 12.3. The molecule has 0 spiro atoms. The SMILES string of the molecule is CC(C)S(=O)(=O)c1ccc(Oc2cccc(-c3ccnc4c(S(C)(=O)=O)cccc34)c2)cc1. The summed E-state index contributed by atoms with van der Waals surface area (Å²) in [6.45, 7) is 3.29. The number of nitrogens with zero attached hydrogens (tertiary/aromatic N) is 1. The monoisotopic (exact) mass is 481 g/mol. The van der Waals surface area contributed by atoms with Crippen molar-refractivity contribution in [3.8, 4) is 22.6 Å². The molecule has 0 bridgehead atoms. The summed E-state index contributed by atoms with van der Waals surface area (Å²) in [6, 6.07) is 20.7. The smallest absolute Gasteiger partial charge is 0.180 e.